The molecular weight excluding hydrogens is 591 g/mol. The fraction of sp³-hybridized carbons (Fsp3) is 0.154. The number of alkyl halides is 3. The summed E-state index contributed by atoms with van der Waals surface area (Å²) in [6.07, 6.45) is -3.43. The average molecular weight is 609 g/mol. The molecule has 1 amide bonds. The van der Waals surface area contributed by atoms with Crippen molar-refractivity contribution in [1.82, 2.24) is 24.3 Å². The lowest BCUT2D eigenvalue weighted by Crippen LogP contribution is -2.28. The summed E-state index contributed by atoms with van der Waals surface area (Å²) in [5.41, 5.74) is -1.41. The minimum absolute atomic E-state index is 0.000635. The summed E-state index contributed by atoms with van der Waals surface area (Å²) in [5.74, 6) is -0.763. The maximum Gasteiger partial charge on any atom is 0.416 e. The van der Waals surface area contributed by atoms with Crippen molar-refractivity contribution in [2.24, 2.45) is 7.05 Å². The van der Waals surface area contributed by atoms with Gasteiger partial charge in [0.05, 0.1) is 26.6 Å². The van der Waals surface area contributed by atoms with Crippen molar-refractivity contribution in [3.63, 3.8) is 0 Å². The van der Waals surface area contributed by atoms with Crippen molar-refractivity contribution >= 4 is 45.8 Å². The van der Waals surface area contributed by atoms with Crippen molar-refractivity contribution in [3.05, 3.63) is 92.6 Å². The Bertz CT molecular complexity index is 1790. The van der Waals surface area contributed by atoms with Crippen LogP contribution in [0.2, 0.25) is 10.0 Å². The Labute approximate surface area is 238 Å². The van der Waals surface area contributed by atoms with Gasteiger partial charge >= 0.3 is 11.9 Å². The van der Waals surface area contributed by atoms with Crippen LogP contribution in [-0.4, -0.2) is 30.2 Å². The van der Waals surface area contributed by atoms with Crippen molar-refractivity contribution < 1.29 is 27.1 Å². The Kier molecular flexibility index (Phi) is 7.49. The summed E-state index contributed by atoms with van der Waals surface area (Å²) in [6, 6.07) is 9.27. The molecule has 0 saturated carbocycles. The van der Waals surface area contributed by atoms with E-state index in [4.69, 9.17) is 27.9 Å². The molecule has 5 rings (SSSR count). The quantitative estimate of drug-likeness (QED) is 0.227. The van der Waals surface area contributed by atoms with E-state index in [-0.39, 0.29) is 50.2 Å². The van der Waals surface area contributed by atoms with E-state index in [0.717, 1.165) is 33.4 Å². The number of nitrogens with one attached hydrogen (secondary N) is 2. The smallest absolute Gasteiger partial charge is 0.416 e. The molecule has 0 fully saturated rings. The highest BCUT2D eigenvalue weighted by Crippen LogP contribution is 2.42. The van der Waals surface area contributed by atoms with Crippen LogP contribution in [0.15, 0.2) is 59.7 Å². The van der Waals surface area contributed by atoms with Gasteiger partial charge in [-0.25, -0.2) is 9.18 Å². The molecule has 2 N–H and O–H groups in total. The van der Waals surface area contributed by atoms with Crippen LogP contribution in [-0.2, 0) is 31.2 Å². The van der Waals surface area contributed by atoms with E-state index in [0.29, 0.717) is 5.82 Å². The van der Waals surface area contributed by atoms with Crippen molar-refractivity contribution in [3.8, 4) is 16.9 Å². The first-order chi connectivity index (χ1) is 19.4. The SMILES string of the molecule is Cn1c(=O)n(CC(=O)Nc2ccc(F)cc2)c2cc(C(F)(F)F)cc(-c3cc(Cl)c(OCc4nnc[nH]4)c(Cl)c3)c21. The van der Waals surface area contributed by atoms with E-state index in [2.05, 4.69) is 20.5 Å². The summed E-state index contributed by atoms with van der Waals surface area (Å²) < 4.78 is 62.9. The lowest BCUT2D eigenvalue weighted by Gasteiger charge is -2.15. The van der Waals surface area contributed by atoms with Crippen LogP contribution in [0.1, 0.15) is 11.4 Å². The summed E-state index contributed by atoms with van der Waals surface area (Å²) in [6.45, 7) is -0.659. The van der Waals surface area contributed by atoms with E-state index in [1.807, 2.05) is 0 Å². The Morgan fingerprint density at radius 2 is 1.78 bits per heavy atom. The monoisotopic (exact) mass is 608 g/mol. The standard InChI is InChI=1S/C26H18Cl2F4N6O3/c1-37-23-17(13-6-18(27)24(19(28)7-13)41-11-21-33-12-34-36-21)8-14(26(30,31)32)9-20(23)38(25(37)40)10-22(39)35-16-4-2-15(29)3-5-16/h2-9,12H,10-11H2,1H3,(H,35,39)(H,33,34,36). The number of rotatable bonds is 7. The van der Waals surface area contributed by atoms with Gasteiger partial charge in [-0.1, -0.05) is 23.2 Å². The third-order valence-corrected chi connectivity index (χ3v) is 6.68. The van der Waals surface area contributed by atoms with Crippen molar-refractivity contribution in [2.45, 2.75) is 19.3 Å². The first-order valence-electron chi connectivity index (χ1n) is 11.8. The fourth-order valence-corrected chi connectivity index (χ4v) is 4.86. The second-order valence-electron chi connectivity index (χ2n) is 8.87. The van der Waals surface area contributed by atoms with E-state index in [1.54, 1.807) is 0 Å². The molecule has 0 radical (unpaired) electrons. The van der Waals surface area contributed by atoms with Crippen LogP contribution < -0.4 is 15.7 Å². The van der Waals surface area contributed by atoms with Gasteiger partial charge in [0.1, 0.15) is 25.3 Å². The molecule has 0 aliphatic rings. The van der Waals surface area contributed by atoms with Crippen LogP contribution in [0, 0.1) is 5.82 Å². The second-order valence-corrected chi connectivity index (χ2v) is 9.68. The first kappa shape index (κ1) is 28.2. The van der Waals surface area contributed by atoms with Crippen molar-refractivity contribution in [2.75, 3.05) is 5.32 Å². The molecule has 0 atom stereocenters. The Morgan fingerprint density at radius 3 is 2.39 bits per heavy atom. The van der Waals surface area contributed by atoms with E-state index in [9.17, 15) is 27.2 Å². The van der Waals surface area contributed by atoms with Crippen molar-refractivity contribution in [1.29, 1.82) is 0 Å². The summed E-state index contributed by atoms with van der Waals surface area (Å²) in [7, 11) is 1.37. The molecule has 0 aliphatic heterocycles. The molecule has 9 nitrogen and oxygen atoms in total. The summed E-state index contributed by atoms with van der Waals surface area (Å²) in [5, 5.41) is 9.92. The number of hydrogen-bond acceptors (Lipinski definition) is 5. The predicted molar refractivity (Wildman–Crippen MR) is 143 cm³/mol. The number of aromatic nitrogens is 5. The van der Waals surface area contributed by atoms with Crippen LogP contribution in [0.5, 0.6) is 5.75 Å². The second kappa shape index (κ2) is 10.9. The summed E-state index contributed by atoms with van der Waals surface area (Å²) in [4.78, 5) is 28.7. The first-order valence-corrected chi connectivity index (χ1v) is 12.5. The third-order valence-electron chi connectivity index (χ3n) is 6.12. The number of nitrogens with zero attached hydrogens (tertiary/aromatic N) is 4. The molecule has 0 spiro atoms. The van der Waals surface area contributed by atoms with Gasteiger partial charge in [-0.05, 0) is 54.1 Å². The maximum absolute atomic E-state index is 14.0. The fourth-order valence-electron chi connectivity index (χ4n) is 4.27. The Hall–Kier alpha value is -4.36. The highest BCUT2D eigenvalue weighted by Gasteiger charge is 2.33. The number of amides is 1. The molecule has 2 heterocycles. The number of carbonyl (C=O) groups excluding carboxylic acids is 1. The lowest BCUT2D eigenvalue weighted by atomic mass is 10.00. The van der Waals surface area contributed by atoms with Gasteiger partial charge in [0.15, 0.2) is 11.6 Å². The molecular formula is C26H18Cl2F4N6O3. The molecule has 15 heteroatoms. The highest BCUT2D eigenvalue weighted by molar-refractivity contribution is 6.37. The minimum atomic E-state index is -4.79. The molecule has 0 aliphatic carbocycles. The Morgan fingerprint density at radius 1 is 1.10 bits per heavy atom. The number of aryl methyl sites for hydroxylation is 1. The van der Waals surface area contributed by atoms with Gasteiger partial charge < -0.3 is 15.0 Å². The zero-order chi connectivity index (χ0) is 29.5. The summed E-state index contributed by atoms with van der Waals surface area (Å²) >= 11 is 12.8. The molecule has 5 aromatic rings. The van der Waals surface area contributed by atoms with Gasteiger partial charge in [-0.3, -0.25) is 13.9 Å². The number of aromatic amines is 1. The number of halogens is 6. The molecule has 0 bridgehead atoms. The number of hydrogen-bond donors (Lipinski definition) is 2. The van der Waals surface area contributed by atoms with Gasteiger partial charge in [0, 0.05) is 18.3 Å². The number of fused-ring (bicyclic) bond motifs is 1. The number of benzene rings is 3. The third kappa shape index (κ3) is 5.77. The number of H-pyrrole nitrogens is 1. The normalized spacial score (nSPS) is 11.7. The highest BCUT2D eigenvalue weighted by atomic mass is 35.5. The van der Waals surface area contributed by atoms with Crippen LogP contribution in [0.25, 0.3) is 22.2 Å². The zero-order valence-corrected chi connectivity index (χ0v) is 22.4. The number of ether oxygens (including phenoxy) is 1. The zero-order valence-electron chi connectivity index (χ0n) is 20.9. The van der Waals surface area contributed by atoms with Gasteiger partial charge in [-0.15, -0.1) is 10.2 Å². The molecule has 0 unspecified atom stereocenters. The van der Waals surface area contributed by atoms with Crippen LogP contribution in [0.3, 0.4) is 0 Å². The number of imidazole rings is 1. The average Bonchev–Trinajstić information content (AvgIpc) is 3.51. The molecule has 0 saturated heterocycles. The van der Waals surface area contributed by atoms with Gasteiger partial charge in [-0.2, -0.15) is 13.2 Å². The number of carbonyl (C=O) groups is 1. The maximum atomic E-state index is 14.0. The van der Waals surface area contributed by atoms with E-state index < -0.39 is 35.7 Å². The largest absolute Gasteiger partial charge is 0.482 e. The minimum Gasteiger partial charge on any atom is -0.482 e. The topological polar surface area (TPSA) is 107 Å². The molecule has 3 aromatic carbocycles. The Balaban J connectivity index is 1.59. The van der Waals surface area contributed by atoms with E-state index in [1.165, 1.54) is 37.6 Å². The molecule has 212 valence electrons. The van der Waals surface area contributed by atoms with Gasteiger partial charge in [0.2, 0.25) is 5.91 Å². The lowest BCUT2D eigenvalue weighted by molar-refractivity contribution is -0.137. The van der Waals surface area contributed by atoms with Gasteiger partial charge in [0.25, 0.3) is 0 Å². The van der Waals surface area contributed by atoms with Crippen LogP contribution in [0.4, 0.5) is 23.2 Å². The van der Waals surface area contributed by atoms with Crippen LogP contribution >= 0.6 is 23.2 Å². The van der Waals surface area contributed by atoms with E-state index >= 15 is 0 Å². The molecule has 2 aromatic heterocycles. The number of anilines is 1. The predicted octanol–water partition coefficient (Wildman–Crippen LogP) is 5.81. The molecule has 41 heavy (non-hydrogen) atoms.